The number of hydrogen-bond donors (Lipinski definition) is 1. The molecule has 0 radical (unpaired) electrons. The largest absolute Gasteiger partial charge is 0.497 e. The van der Waals surface area contributed by atoms with E-state index in [1.807, 2.05) is 19.1 Å². The number of likely N-dealkylation sites (tertiary alicyclic amines) is 1. The topological polar surface area (TPSA) is 63.2 Å². The molecule has 146 valence electrons. The van der Waals surface area contributed by atoms with Gasteiger partial charge in [0.1, 0.15) is 5.75 Å². The van der Waals surface area contributed by atoms with Gasteiger partial charge in [-0.1, -0.05) is 12.1 Å². The summed E-state index contributed by atoms with van der Waals surface area (Å²) in [6, 6.07) is 8.31. The molecule has 7 heteroatoms. The van der Waals surface area contributed by atoms with Crippen LogP contribution in [0.15, 0.2) is 29.3 Å². The summed E-state index contributed by atoms with van der Waals surface area (Å²) in [6.45, 7) is 4.91. The normalized spacial score (nSPS) is 16.8. The van der Waals surface area contributed by atoms with Gasteiger partial charge in [0, 0.05) is 39.0 Å². The van der Waals surface area contributed by atoms with Gasteiger partial charge >= 0.3 is 5.97 Å². The highest BCUT2D eigenvalue weighted by atomic mass is 127. The minimum Gasteiger partial charge on any atom is -0.497 e. The minimum atomic E-state index is -0.139. The van der Waals surface area contributed by atoms with E-state index in [1.165, 1.54) is 5.56 Å². The fourth-order valence-electron chi connectivity index (χ4n) is 3.10. The second kappa shape index (κ2) is 12.0. The maximum atomic E-state index is 11.4. The van der Waals surface area contributed by atoms with Gasteiger partial charge in [-0.2, -0.15) is 0 Å². The molecule has 1 aromatic rings. The van der Waals surface area contributed by atoms with E-state index < -0.39 is 0 Å². The van der Waals surface area contributed by atoms with Gasteiger partial charge in [-0.3, -0.25) is 9.79 Å². The fourth-order valence-corrected chi connectivity index (χ4v) is 3.10. The van der Waals surface area contributed by atoms with Gasteiger partial charge in [-0.15, -0.1) is 24.0 Å². The summed E-state index contributed by atoms with van der Waals surface area (Å²) in [5.74, 6) is 2.15. The predicted molar refractivity (Wildman–Crippen MR) is 115 cm³/mol. The summed E-state index contributed by atoms with van der Waals surface area (Å²) in [6.07, 6.45) is 2.29. The number of guanidine groups is 1. The quantitative estimate of drug-likeness (QED) is 0.216. The van der Waals surface area contributed by atoms with Crippen molar-refractivity contribution in [3.8, 4) is 5.75 Å². The van der Waals surface area contributed by atoms with Crippen molar-refractivity contribution >= 4 is 35.9 Å². The Hall–Kier alpha value is -1.51. The van der Waals surface area contributed by atoms with Crippen LogP contribution in [-0.4, -0.2) is 57.2 Å². The molecule has 0 aromatic heterocycles. The molecule has 0 amide bonds. The summed E-state index contributed by atoms with van der Waals surface area (Å²) in [7, 11) is 3.48. The van der Waals surface area contributed by atoms with Gasteiger partial charge in [0.2, 0.25) is 0 Å². The molecule has 0 saturated carbocycles. The Kier molecular flexibility index (Phi) is 10.4. The van der Waals surface area contributed by atoms with Gasteiger partial charge in [0.15, 0.2) is 5.96 Å². The first-order valence-corrected chi connectivity index (χ1v) is 8.93. The van der Waals surface area contributed by atoms with Crippen molar-refractivity contribution in [1.82, 2.24) is 10.2 Å². The number of rotatable bonds is 7. The van der Waals surface area contributed by atoms with Crippen molar-refractivity contribution in [2.24, 2.45) is 4.99 Å². The Morgan fingerprint density at radius 2 is 2.08 bits per heavy atom. The Morgan fingerprint density at radius 3 is 2.69 bits per heavy atom. The van der Waals surface area contributed by atoms with Crippen LogP contribution in [0.3, 0.4) is 0 Å². The number of nitrogens with one attached hydrogen (secondary N) is 1. The molecule has 0 aliphatic carbocycles. The van der Waals surface area contributed by atoms with Crippen LogP contribution in [0, 0.1) is 0 Å². The van der Waals surface area contributed by atoms with Crippen LogP contribution in [0.4, 0.5) is 0 Å². The number of nitrogens with zero attached hydrogens (tertiary/aromatic N) is 2. The highest BCUT2D eigenvalue weighted by Crippen LogP contribution is 2.28. The lowest BCUT2D eigenvalue weighted by Crippen LogP contribution is -2.40. The van der Waals surface area contributed by atoms with Gasteiger partial charge in [0.05, 0.1) is 13.7 Å². The smallest absolute Gasteiger partial charge is 0.305 e. The zero-order valence-corrected chi connectivity index (χ0v) is 18.2. The fraction of sp³-hybridized carbons (Fsp3) is 0.579. The summed E-state index contributed by atoms with van der Waals surface area (Å²) in [5, 5.41) is 3.35. The number of esters is 1. The third-order valence-electron chi connectivity index (χ3n) is 4.43. The Morgan fingerprint density at radius 1 is 1.35 bits per heavy atom. The number of ether oxygens (including phenoxy) is 2. The average molecular weight is 475 g/mol. The van der Waals surface area contributed by atoms with Crippen LogP contribution < -0.4 is 10.1 Å². The molecule has 1 saturated heterocycles. The lowest BCUT2D eigenvalue weighted by molar-refractivity contribution is -0.143. The maximum Gasteiger partial charge on any atom is 0.305 e. The molecular formula is C19H30IN3O3. The summed E-state index contributed by atoms with van der Waals surface area (Å²) < 4.78 is 10.2. The van der Waals surface area contributed by atoms with Crippen molar-refractivity contribution in [1.29, 1.82) is 0 Å². The van der Waals surface area contributed by atoms with E-state index in [0.29, 0.717) is 18.9 Å². The van der Waals surface area contributed by atoms with Crippen LogP contribution in [0.1, 0.15) is 37.7 Å². The van der Waals surface area contributed by atoms with Crippen molar-refractivity contribution in [2.45, 2.75) is 32.1 Å². The second-order valence-corrected chi connectivity index (χ2v) is 6.09. The molecule has 0 spiro atoms. The van der Waals surface area contributed by atoms with E-state index in [1.54, 1.807) is 14.2 Å². The number of methoxy groups -OCH3 is 1. The zero-order valence-electron chi connectivity index (χ0n) is 15.9. The number of carbonyl (C=O) groups is 1. The molecule has 1 aliphatic heterocycles. The molecule has 1 N–H and O–H groups in total. The van der Waals surface area contributed by atoms with Gasteiger partial charge in [-0.05, 0) is 37.5 Å². The van der Waals surface area contributed by atoms with Crippen molar-refractivity contribution < 1.29 is 14.3 Å². The highest BCUT2D eigenvalue weighted by molar-refractivity contribution is 14.0. The first-order chi connectivity index (χ1) is 12.2. The molecule has 26 heavy (non-hydrogen) atoms. The van der Waals surface area contributed by atoms with Gasteiger partial charge in [-0.25, -0.2) is 0 Å². The second-order valence-electron chi connectivity index (χ2n) is 6.09. The van der Waals surface area contributed by atoms with E-state index in [0.717, 1.165) is 44.2 Å². The SMILES string of the molecule is CCOC(=O)CCCNC(=NC)N1CCC(c2ccc(OC)cc2)C1.I. The van der Waals surface area contributed by atoms with Gasteiger partial charge in [0.25, 0.3) is 0 Å². The number of aliphatic imine (C=N–C) groups is 1. The maximum absolute atomic E-state index is 11.4. The Bertz CT molecular complexity index is 578. The van der Waals surface area contributed by atoms with E-state index in [9.17, 15) is 4.79 Å². The molecule has 0 bridgehead atoms. The number of halogens is 1. The average Bonchev–Trinajstić information content (AvgIpc) is 3.12. The Labute approximate surface area is 173 Å². The molecule has 1 atom stereocenters. The Balaban J connectivity index is 0.00000338. The molecule has 6 nitrogen and oxygen atoms in total. The summed E-state index contributed by atoms with van der Waals surface area (Å²) >= 11 is 0. The molecule has 1 heterocycles. The third-order valence-corrected chi connectivity index (χ3v) is 4.43. The number of hydrogen-bond acceptors (Lipinski definition) is 4. The minimum absolute atomic E-state index is 0. The standard InChI is InChI=1S/C19H29N3O3.HI/c1-4-25-18(23)6-5-12-21-19(20-2)22-13-11-16(14-22)15-7-9-17(24-3)10-8-15;/h7-10,16H,4-6,11-14H2,1-3H3,(H,20,21);1H. The predicted octanol–water partition coefficient (Wildman–Crippen LogP) is 3.02. The lowest BCUT2D eigenvalue weighted by atomic mass is 9.98. The number of benzene rings is 1. The van der Waals surface area contributed by atoms with Crippen molar-refractivity contribution in [2.75, 3.05) is 40.4 Å². The molecule has 1 unspecified atom stereocenters. The van der Waals surface area contributed by atoms with Crippen LogP contribution in [0.2, 0.25) is 0 Å². The van der Waals surface area contributed by atoms with E-state index >= 15 is 0 Å². The van der Waals surface area contributed by atoms with Crippen LogP contribution in [-0.2, 0) is 9.53 Å². The summed E-state index contributed by atoms with van der Waals surface area (Å²) in [5.41, 5.74) is 1.33. The van der Waals surface area contributed by atoms with E-state index in [-0.39, 0.29) is 29.9 Å². The van der Waals surface area contributed by atoms with Crippen LogP contribution in [0.25, 0.3) is 0 Å². The first kappa shape index (κ1) is 22.5. The van der Waals surface area contributed by atoms with Crippen molar-refractivity contribution in [3.05, 3.63) is 29.8 Å². The molecule has 1 fully saturated rings. The van der Waals surface area contributed by atoms with Crippen molar-refractivity contribution in [3.63, 3.8) is 0 Å². The molecule has 2 rings (SSSR count). The summed E-state index contributed by atoms with van der Waals surface area (Å²) in [4.78, 5) is 18.0. The molecular weight excluding hydrogens is 445 g/mol. The monoisotopic (exact) mass is 475 g/mol. The van der Waals surface area contributed by atoms with E-state index in [4.69, 9.17) is 9.47 Å². The third kappa shape index (κ3) is 6.66. The zero-order chi connectivity index (χ0) is 18.1. The van der Waals surface area contributed by atoms with Crippen LogP contribution >= 0.6 is 24.0 Å². The van der Waals surface area contributed by atoms with E-state index in [2.05, 4.69) is 27.3 Å². The lowest BCUT2D eigenvalue weighted by Gasteiger charge is -2.21. The van der Waals surface area contributed by atoms with Gasteiger partial charge < -0.3 is 19.7 Å². The molecule has 1 aromatic carbocycles. The van der Waals surface area contributed by atoms with Crippen LogP contribution in [0.5, 0.6) is 5.75 Å². The molecule has 1 aliphatic rings. The number of carbonyl (C=O) groups excluding carboxylic acids is 1. The first-order valence-electron chi connectivity index (χ1n) is 8.93. The highest BCUT2D eigenvalue weighted by Gasteiger charge is 2.25.